The predicted molar refractivity (Wildman–Crippen MR) is 157 cm³/mol. The first-order valence-electron chi connectivity index (χ1n) is 13.6. The van der Waals surface area contributed by atoms with Gasteiger partial charge in [-0.2, -0.15) is 13.2 Å². The molecule has 4 nitrogen and oxygen atoms in total. The topological polar surface area (TPSA) is 50.5 Å². The Morgan fingerprint density at radius 2 is 1.57 bits per heavy atom. The van der Waals surface area contributed by atoms with Gasteiger partial charge in [0.25, 0.3) is 5.91 Å². The second-order valence-corrected chi connectivity index (χ2v) is 10.6. The number of carbonyl (C=O) groups excluding carboxylic acids is 2. The molecule has 42 heavy (non-hydrogen) atoms. The highest BCUT2D eigenvalue weighted by atomic mass is 19.4. The molecule has 214 valence electrons. The fraction of sp³-hybridized carbons (Fsp3) is 0.200. The Labute approximate surface area is 242 Å². The van der Waals surface area contributed by atoms with Crippen LogP contribution in [0.1, 0.15) is 58.3 Å². The van der Waals surface area contributed by atoms with Crippen molar-refractivity contribution >= 4 is 22.5 Å². The third-order valence-electron chi connectivity index (χ3n) is 7.58. The average Bonchev–Trinajstić information content (AvgIpc) is 3.46. The molecule has 5 aromatic rings. The lowest BCUT2D eigenvalue weighted by Gasteiger charge is -2.24. The molecular formula is C35H30F3NO3. The third kappa shape index (κ3) is 6.15. The number of fused-ring (bicyclic) bond motifs is 1. The molecule has 0 fully saturated rings. The van der Waals surface area contributed by atoms with E-state index in [1.165, 1.54) is 11.0 Å². The van der Waals surface area contributed by atoms with Crippen LogP contribution < -0.4 is 0 Å². The summed E-state index contributed by atoms with van der Waals surface area (Å²) in [7, 11) is 0. The average molecular weight is 570 g/mol. The van der Waals surface area contributed by atoms with Gasteiger partial charge in [-0.25, -0.2) is 0 Å². The number of nitrogens with zero attached hydrogens (tertiary/aromatic N) is 1. The van der Waals surface area contributed by atoms with Crippen LogP contribution in [0.15, 0.2) is 101 Å². The van der Waals surface area contributed by atoms with Crippen molar-refractivity contribution in [2.24, 2.45) is 0 Å². The molecular weight excluding hydrogens is 539 g/mol. The number of aryl methyl sites for hydroxylation is 1. The standard InChI is InChI=1S/C35H30F3NO3/c1-22-11-14-27-7-4-5-10-31(27)33(22)34(41)39(21-30-17-18-32(42-30)35(36,37)38)20-25-12-15-26(16-13-25)29-9-6-8-28(19-29)23(2)24(3)40/h4-19,23H,20-21H2,1-3H3/t23-/m0/s1. The number of rotatable bonds is 8. The van der Waals surface area contributed by atoms with Crippen LogP contribution in [0.25, 0.3) is 21.9 Å². The highest BCUT2D eigenvalue weighted by Gasteiger charge is 2.35. The lowest BCUT2D eigenvalue weighted by atomic mass is 9.93. The van der Waals surface area contributed by atoms with Gasteiger partial charge in [0, 0.05) is 12.5 Å². The predicted octanol–water partition coefficient (Wildman–Crippen LogP) is 8.96. The van der Waals surface area contributed by atoms with Gasteiger partial charge < -0.3 is 9.32 Å². The second kappa shape index (κ2) is 11.7. The van der Waals surface area contributed by atoms with E-state index in [0.29, 0.717) is 5.56 Å². The lowest BCUT2D eigenvalue weighted by molar-refractivity contribution is -0.153. The Kier molecular flexibility index (Phi) is 8.03. The summed E-state index contributed by atoms with van der Waals surface area (Å²) >= 11 is 0. The van der Waals surface area contributed by atoms with Crippen molar-refractivity contribution in [3.63, 3.8) is 0 Å². The summed E-state index contributed by atoms with van der Waals surface area (Å²) in [5.74, 6) is -1.48. The van der Waals surface area contributed by atoms with Crippen LogP contribution in [0.4, 0.5) is 13.2 Å². The van der Waals surface area contributed by atoms with E-state index in [-0.39, 0.29) is 36.5 Å². The highest BCUT2D eigenvalue weighted by molar-refractivity contribution is 6.08. The van der Waals surface area contributed by atoms with E-state index in [0.717, 1.165) is 44.7 Å². The molecule has 0 unspecified atom stereocenters. The first-order chi connectivity index (χ1) is 20.0. The Balaban J connectivity index is 1.47. The molecule has 5 rings (SSSR count). The van der Waals surface area contributed by atoms with E-state index in [4.69, 9.17) is 4.42 Å². The molecule has 7 heteroatoms. The van der Waals surface area contributed by atoms with Crippen LogP contribution >= 0.6 is 0 Å². The van der Waals surface area contributed by atoms with Gasteiger partial charge >= 0.3 is 6.18 Å². The minimum absolute atomic E-state index is 0.0431. The maximum atomic E-state index is 14.1. The minimum atomic E-state index is -4.62. The van der Waals surface area contributed by atoms with E-state index in [2.05, 4.69) is 0 Å². The SMILES string of the molecule is CC(=O)[C@H](C)c1cccc(-c2ccc(CN(Cc3ccc(C(F)(F)F)o3)C(=O)c3c(C)ccc4ccccc34)cc2)c1. The maximum Gasteiger partial charge on any atom is 0.449 e. The Morgan fingerprint density at radius 1 is 0.833 bits per heavy atom. The van der Waals surface area contributed by atoms with Gasteiger partial charge in [-0.3, -0.25) is 9.59 Å². The van der Waals surface area contributed by atoms with Gasteiger partial charge in [-0.1, -0.05) is 91.9 Å². The summed E-state index contributed by atoms with van der Waals surface area (Å²) < 4.78 is 44.8. The largest absolute Gasteiger partial charge is 0.455 e. The number of benzene rings is 4. The Bertz CT molecular complexity index is 1750. The zero-order valence-corrected chi connectivity index (χ0v) is 23.5. The molecule has 0 radical (unpaired) electrons. The van der Waals surface area contributed by atoms with Crippen molar-refractivity contribution in [1.82, 2.24) is 4.90 Å². The van der Waals surface area contributed by atoms with Gasteiger partial charge in [-0.15, -0.1) is 0 Å². The number of furan rings is 1. The van der Waals surface area contributed by atoms with Crippen LogP contribution in [0.3, 0.4) is 0 Å². The molecule has 0 N–H and O–H groups in total. The number of hydrogen-bond acceptors (Lipinski definition) is 3. The van der Waals surface area contributed by atoms with Crippen LogP contribution in [0.2, 0.25) is 0 Å². The van der Waals surface area contributed by atoms with Crippen molar-refractivity contribution in [3.05, 3.63) is 131 Å². The fourth-order valence-electron chi connectivity index (χ4n) is 5.07. The van der Waals surface area contributed by atoms with Crippen molar-refractivity contribution in [1.29, 1.82) is 0 Å². The van der Waals surface area contributed by atoms with Gasteiger partial charge in [0.1, 0.15) is 11.5 Å². The van der Waals surface area contributed by atoms with Gasteiger partial charge in [0.2, 0.25) is 5.76 Å². The van der Waals surface area contributed by atoms with Crippen LogP contribution in [0, 0.1) is 6.92 Å². The summed E-state index contributed by atoms with van der Waals surface area (Å²) in [5, 5.41) is 1.67. The fourth-order valence-corrected chi connectivity index (χ4v) is 5.07. The number of amides is 1. The lowest BCUT2D eigenvalue weighted by Crippen LogP contribution is -2.30. The minimum Gasteiger partial charge on any atom is -0.455 e. The smallest absolute Gasteiger partial charge is 0.449 e. The number of carbonyl (C=O) groups is 2. The number of ketones is 1. The number of hydrogen-bond donors (Lipinski definition) is 0. The summed E-state index contributed by atoms with van der Waals surface area (Å²) in [6.07, 6.45) is -4.62. The third-order valence-corrected chi connectivity index (χ3v) is 7.58. The van der Waals surface area contributed by atoms with E-state index in [1.807, 2.05) is 98.8 Å². The van der Waals surface area contributed by atoms with Crippen molar-refractivity contribution in [2.45, 2.75) is 46.0 Å². The summed E-state index contributed by atoms with van der Waals surface area (Å²) in [5.41, 5.74) is 4.92. The van der Waals surface area contributed by atoms with E-state index >= 15 is 0 Å². The van der Waals surface area contributed by atoms with Gasteiger partial charge in [0.15, 0.2) is 0 Å². The molecule has 1 heterocycles. The van der Waals surface area contributed by atoms with E-state index in [1.54, 1.807) is 6.92 Å². The molecule has 0 saturated heterocycles. The quantitative estimate of drug-likeness (QED) is 0.187. The van der Waals surface area contributed by atoms with Gasteiger partial charge in [-0.05, 0) is 64.6 Å². The van der Waals surface area contributed by atoms with Crippen molar-refractivity contribution in [3.8, 4) is 11.1 Å². The van der Waals surface area contributed by atoms with E-state index < -0.39 is 11.9 Å². The normalized spacial score (nSPS) is 12.3. The molecule has 1 aromatic heterocycles. The highest BCUT2D eigenvalue weighted by Crippen LogP contribution is 2.32. The maximum absolute atomic E-state index is 14.1. The first-order valence-corrected chi connectivity index (χ1v) is 13.6. The second-order valence-electron chi connectivity index (χ2n) is 10.6. The monoisotopic (exact) mass is 569 g/mol. The number of Topliss-reactive ketones (excluding diaryl/α,β-unsaturated/α-hetero) is 1. The molecule has 4 aromatic carbocycles. The van der Waals surface area contributed by atoms with E-state index in [9.17, 15) is 22.8 Å². The molecule has 0 aliphatic heterocycles. The van der Waals surface area contributed by atoms with Crippen LogP contribution in [-0.2, 0) is 24.1 Å². The van der Waals surface area contributed by atoms with Crippen molar-refractivity contribution in [2.75, 3.05) is 0 Å². The molecule has 1 amide bonds. The zero-order valence-electron chi connectivity index (χ0n) is 23.5. The molecule has 0 aliphatic rings. The van der Waals surface area contributed by atoms with Crippen LogP contribution in [0.5, 0.6) is 0 Å². The van der Waals surface area contributed by atoms with Crippen LogP contribution in [-0.4, -0.2) is 16.6 Å². The zero-order chi connectivity index (χ0) is 30.0. The Hall–Kier alpha value is -4.65. The first kappa shape index (κ1) is 28.9. The summed E-state index contributed by atoms with van der Waals surface area (Å²) in [6.45, 7) is 5.33. The molecule has 0 saturated carbocycles. The molecule has 1 atom stereocenters. The number of alkyl halides is 3. The number of halogens is 3. The Morgan fingerprint density at radius 3 is 2.26 bits per heavy atom. The van der Waals surface area contributed by atoms with Gasteiger partial charge in [0.05, 0.1) is 12.1 Å². The summed E-state index contributed by atoms with van der Waals surface area (Å²) in [4.78, 5) is 27.5. The van der Waals surface area contributed by atoms with Crippen molar-refractivity contribution < 1.29 is 27.2 Å². The molecule has 0 bridgehead atoms. The molecule has 0 aliphatic carbocycles. The summed E-state index contributed by atoms with van der Waals surface area (Å²) in [6, 6.07) is 29.0. The molecule has 0 spiro atoms.